The molecular weight excluding hydrogens is 524 g/mol. The molecule has 8 rings (SSSR count). The molecule has 0 saturated carbocycles. The lowest BCUT2D eigenvalue weighted by Crippen LogP contribution is -2.47. The van der Waals surface area contributed by atoms with Gasteiger partial charge in [0.25, 0.3) is 0 Å². The van der Waals surface area contributed by atoms with Gasteiger partial charge in [0, 0.05) is 10.8 Å². The van der Waals surface area contributed by atoms with E-state index in [0.717, 1.165) is 49.0 Å². The van der Waals surface area contributed by atoms with Gasteiger partial charge < -0.3 is 4.42 Å². The predicted octanol–water partition coefficient (Wildman–Crippen LogP) is 1.94. The zero-order valence-electron chi connectivity index (χ0n) is 23.6. The summed E-state index contributed by atoms with van der Waals surface area (Å²) in [6.45, 7) is 0. The van der Waals surface area contributed by atoms with E-state index in [1.165, 1.54) is 0 Å². The second-order valence-electron chi connectivity index (χ2n) is 11.1. The minimum absolute atomic E-state index is 0.144. The Labute approximate surface area is 264 Å². The number of hydrogen-bond donors (Lipinski definition) is 0. The molecule has 0 fully saturated rings. The van der Waals surface area contributed by atoms with Gasteiger partial charge in [-0.3, -0.25) is 0 Å². The smallest absolute Gasteiger partial charge is 0.128 e. The molecule has 0 saturated heterocycles. The van der Waals surface area contributed by atoms with Gasteiger partial charge in [-0.2, -0.15) is 0 Å². The van der Waals surface area contributed by atoms with Crippen molar-refractivity contribution in [2.45, 2.75) is 0 Å². The highest BCUT2D eigenvalue weighted by atomic mass is 16.3. The maximum Gasteiger partial charge on any atom is 0.128 e. The molecule has 44 heavy (non-hydrogen) atoms. The highest BCUT2D eigenvalue weighted by molar-refractivity contribution is 6.69. The Hall–Kier alpha value is -4.43. The van der Waals surface area contributed by atoms with Crippen LogP contribution in [-0.4, -0.2) is 54.9 Å². The first kappa shape index (κ1) is 27.1. The van der Waals surface area contributed by atoms with Crippen molar-refractivity contribution in [3.63, 3.8) is 0 Å². The molecule has 7 aromatic carbocycles. The SMILES string of the molecule is [B]c1c([B])c([B])c2c(oc3c([B])c([B])c([B])c(-c4c5ccccc5c(-c5cccc6ccccc56)c5ccccc45)c32)c1[B]. The van der Waals surface area contributed by atoms with E-state index in [9.17, 15) is 0 Å². The van der Waals surface area contributed by atoms with Crippen molar-refractivity contribution in [1.82, 2.24) is 0 Å². The van der Waals surface area contributed by atoms with Crippen LogP contribution in [-0.2, 0) is 0 Å². The second-order valence-corrected chi connectivity index (χ2v) is 11.1. The van der Waals surface area contributed by atoms with Crippen molar-refractivity contribution in [3.8, 4) is 22.3 Å². The first-order chi connectivity index (χ1) is 21.3. The van der Waals surface area contributed by atoms with Crippen LogP contribution in [0.1, 0.15) is 0 Å². The zero-order valence-corrected chi connectivity index (χ0v) is 23.6. The van der Waals surface area contributed by atoms with Crippen LogP contribution in [0.15, 0.2) is 95.4 Å². The van der Waals surface area contributed by atoms with Gasteiger partial charge in [-0.05, 0) is 54.6 Å². The molecule has 0 aliphatic rings. The average molecular weight is 539 g/mol. The molecule has 0 aliphatic heterocycles. The standard InChI is InChI=1S/C36H15B7O/c37-28-25(26-27-29(38)30(39)32(41)34(43)36(27)44-35(26)33(42)31(28)40)24-21-13-5-3-11-19(21)23(20-12-4-6-14-22(20)24)18-15-7-9-16-8-1-2-10-17(16)18/h1-15H. The fourth-order valence-electron chi connectivity index (χ4n) is 6.78. The molecular formula is C36H15B7O. The van der Waals surface area contributed by atoms with Gasteiger partial charge in [-0.1, -0.05) is 113 Å². The average Bonchev–Trinajstić information content (AvgIpc) is 3.45. The van der Waals surface area contributed by atoms with E-state index in [4.69, 9.17) is 59.3 Å². The van der Waals surface area contributed by atoms with Gasteiger partial charge in [0.1, 0.15) is 66.1 Å². The van der Waals surface area contributed by atoms with Crippen LogP contribution in [0.2, 0.25) is 0 Å². The maximum atomic E-state index is 6.92. The second kappa shape index (κ2) is 9.79. The van der Waals surface area contributed by atoms with E-state index in [2.05, 4.69) is 66.7 Å². The molecule has 8 aromatic rings. The van der Waals surface area contributed by atoms with Crippen LogP contribution in [0.25, 0.3) is 76.5 Å². The summed E-state index contributed by atoms with van der Waals surface area (Å²) < 4.78 is 6.29. The van der Waals surface area contributed by atoms with Crippen LogP contribution < -0.4 is 38.2 Å². The Bertz CT molecular complexity index is 2470. The lowest BCUT2D eigenvalue weighted by Gasteiger charge is -2.22. The Morgan fingerprint density at radius 3 is 1.41 bits per heavy atom. The molecule has 0 bridgehead atoms. The maximum absolute atomic E-state index is 6.92. The van der Waals surface area contributed by atoms with Gasteiger partial charge >= 0.3 is 0 Å². The van der Waals surface area contributed by atoms with Gasteiger partial charge in [0.15, 0.2) is 0 Å². The van der Waals surface area contributed by atoms with Crippen molar-refractivity contribution in [2.75, 3.05) is 0 Å². The normalized spacial score (nSPS) is 11.8. The van der Waals surface area contributed by atoms with Gasteiger partial charge in [-0.15, -0.1) is 16.4 Å². The summed E-state index contributed by atoms with van der Waals surface area (Å²) in [5.41, 5.74) is 5.76. The number of furan rings is 1. The van der Waals surface area contributed by atoms with Crippen molar-refractivity contribution in [1.29, 1.82) is 0 Å². The molecule has 0 aliphatic carbocycles. The topological polar surface area (TPSA) is 13.1 Å². The molecule has 14 radical (unpaired) electrons. The third kappa shape index (κ3) is 3.57. The third-order valence-electron chi connectivity index (χ3n) is 8.88. The fraction of sp³-hybridized carbons (Fsp3) is 0. The van der Waals surface area contributed by atoms with Crippen molar-refractivity contribution in [2.24, 2.45) is 0 Å². The minimum atomic E-state index is 0.144. The Balaban J connectivity index is 1.64. The summed E-state index contributed by atoms with van der Waals surface area (Å²) >= 11 is 0. The molecule has 1 heterocycles. The molecule has 0 amide bonds. The van der Waals surface area contributed by atoms with Gasteiger partial charge in [0.05, 0.1) is 0 Å². The van der Waals surface area contributed by atoms with E-state index in [1.54, 1.807) is 0 Å². The van der Waals surface area contributed by atoms with Crippen LogP contribution >= 0.6 is 0 Å². The Kier molecular flexibility index (Phi) is 6.04. The molecule has 1 nitrogen and oxygen atoms in total. The summed E-state index contributed by atoms with van der Waals surface area (Å²) in [6, 6.07) is 31.4. The largest absolute Gasteiger partial charge is 0.457 e. The summed E-state index contributed by atoms with van der Waals surface area (Å²) in [7, 11) is 45.7. The van der Waals surface area contributed by atoms with E-state index < -0.39 is 0 Å². The van der Waals surface area contributed by atoms with Gasteiger partial charge in [0.2, 0.25) is 0 Å². The highest BCUT2D eigenvalue weighted by Crippen LogP contribution is 2.46. The number of benzene rings is 7. The molecule has 186 valence electrons. The molecule has 0 unspecified atom stereocenters. The van der Waals surface area contributed by atoms with Crippen LogP contribution in [0.5, 0.6) is 0 Å². The van der Waals surface area contributed by atoms with Crippen molar-refractivity contribution >= 4 is 147 Å². The van der Waals surface area contributed by atoms with E-state index in [0.29, 0.717) is 27.4 Å². The molecule has 0 N–H and O–H groups in total. The fourth-order valence-corrected chi connectivity index (χ4v) is 6.78. The molecule has 8 heteroatoms. The van der Waals surface area contributed by atoms with Crippen LogP contribution in [0.3, 0.4) is 0 Å². The zero-order chi connectivity index (χ0) is 30.4. The number of fused-ring (bicyclic) bond motifs is 6. The summed E-state index contributed by atoms with van der Waals surface area (Å²) in [5, 5.41) is 7.42. The molecule has 0 spiro atoms. The van der Waals surface area contributed by atoms with E-state index >= 15 is 0 Å². The summed E-state index contributed by atoms with van der Waals surface area (Å²) in [5.74, 6) is 0. The van der Waals surface area contributed by atoms with Gasteiger partial charge in [-0.25, -0.2) is 0 Å². The van der Waals surface area contributed by atoms with Crippen molar-refractivity contribution < 1.29 is 4.42 Å². The van der Waals surface area contributed by atoms with E-state index in [1.807, 2.05) is 24.3 Å². The van der Waals surface area contributed by atoms with Crippen LogP contribution in [0, 0.1) is 0 Å². The quantitative estimate of drug-likeness (QED) is 0.242. The Morgan fingerprint density at radius 1 is 0.341 bits per heavy atom. The lowest BCUT2D eigenvalue weighted by molar-refractivity contribution is 0.675. The minimum Gasteiger partial charge on any atom is -0.457 e. The van der Waals surface area contributed by atoms with Crippen molar-refractivity contribution in [3.05, 3.63) is 91.0 Å². The van der Waals surface area contributed by atoms with E-state index in [-0.39, 0.29) is 38.4 Å². The predicted molar refractivity (Wildman–Crippen MR) is 195 cm³/mol. The number of hydrogen-bond acceptors (Lipinski definition) is 1. The highest BCUT2D eigenvalue weighted by Gasteiger charge is 2.25. The third-order valence-corrected chi connectivity index (χ3v) is 8.88. The first-order valence-corrected chi connectivity index (χ1v) is 14.2. The number of rotatable bonds is 2. The monoisotopic (exact) mass is 540 g/mol. The molecule has 1 aromatic heterocycles. The van der Waals surface area contributed by atoms with Crippen LogP contribution in [0.4, 0.5) is 0 Å². The summed E-state index contributed by atoms with van der Waals surface area (Å²) in [6.07, 6.45) is 0. The Morgan fingerprint density at radius 2 is 0.795 bits per heavy atom. The summed E-state index contributed by atoms with van der Waals surface area (Å²) in [4.78, 5) is 0. The molecule has 0 atom stereocenters. The lowest BCUT2D eigenvalue weighted by atomic mass is 9.64. The first-order valence-electron chi connectivity index (χ1n) is 14.2.